The standard InChI is InChI=1S/C13H19BrN2O2/c1-4-8(2)16-13(17)9(3)18-12-6-10(14)5-11(15)7-12/h5-9H,4,15H2,1-3H3,(H,16,17). The van der Waals surface area contributed by atoms with Crippen LogP contribution in [-0.2, 0) is 4.79 Å². The summed E-state index contributed by atoms with van der Waals surface area (Å²) < 4.78 is 6.39. The highest BCUT2D eigenvalue weighted by molar-refractivity contribution is 9.10. The third-order valence-corrected chi connectivity index (χ3v) is 3.03. The summed E-state index contributed by atoms with van der Waals surface area (Å²) in [5.74, 6) is 0.455. The molecule has 0 radical (unpaired) electrons. The molecule has 0 bridgehead atoms. The fourth-order valence-corrected chi connectivity index (χ4v) is 1.86. The first-order valence-electron chi connectivity index (χ1n) is 5.95. The van der Waals surface area contributed by atoms with Gasteiger partial charge in [0.1, 0.15) is 5.75 Å². The summed E-state index contributed by atoms with van der Waals surface area (Å²) >= 11 is 3.33. The minimum atomic E-state index is -0.548. The maximum absolute atomic E-state index is 11.8. The Balaban J connectivity index is 2.63. The molecule has 100 valence electrons. The number of hydrogen-bond acceptors (Lipinski definition) is 3. The van der Waals surface area contributed by atoms with Crippen molar-refractivity contribution in [3.05, 3.63) is 22.7 Å². The van der Waals surface area contributed by atoms with E-state index in [1.807, 2.05) is 13.8 Å². The van der Waals surface area contributed by atoms with Crippen molar-refractivity contribution < 1.29 is 9.53 Å². The van der Waals surface area contributed by atoms with Crippen LogP contribution < -0.4 is 15.8 Å². The molecule has 1 rings (SSSR count). The van der Waals surface area contributed by atoms with E-state index in [1.54, 1.807) is 25.1 Å². The SMILES string of the molecule is CCC(C)NC(=O)C(C)Oc1cc(N)cc(Br)c1. The second-order valence-corrected chi connectivity index (χ2v) is 5.21. The van der Waals surface area contributed by atoms with Crippen molar-refractivity contribution >= 4 is 27.5 Å². The molecule has 0 fully saturated rings. The zero-order chi connectivity index (χ0) is 13.7. The van der Waals surface area contributed by atoms with Gasteiger partial charge in [-0.1, -0.05) is 22.9 Å². The maximum Gasteiger partial charge on any atom is 0.260 e. The number of nitrogens with one attached hydrogen (secondary N) is 1. The average molecular weight is 315 g/mol. The number of halogens is 1. The van der Waals surface area contributed by atoms with Crippen LogP contribution >= 0.6 is 15.9 Å². The van der Waals surface area contributed by atoms with E-state index in [2.05, 4.69) is 21.2 Å². The van der Waals surface area contributed by atoms with E-state index in [1.165, 1.54) is 0 Å². The van der Waals surface area contributed by atoms with Crippen molar-refractivity contribution in [1.29, 1.82) is 0 Å². The van der Waals surface area contributed by atoms with Crippen molar-refractivity contribution in [3.8, 4) is 5.75 Å². The molecule has 2 unspecified atom stereocenters. The molecule has 0 heterocycles. The highest BCUT2D eigenvalue weighted by Crippen LogP contribution is 2.23. The van der Waals surface area contributed by atoms with Crippen LogP contribution in [0, 0.1) is 0 Å². The van der Waals surface area contributed by atoms with Crippen LogP contribution in [0.5, 0.6) is 5.75 Å². The first kappa shape index (κ1) is 14.8. The summed E-state index contributed by atoms with van der Waals surface area (Å²) in [6, 6.07) is 5.40. The minimum absolute atomic E-state index is 0.122. The van der Waals surface area contributed by atoms with Gasteiger partial charge in [0.15, 0.2) is 6.10 Å². The molecule has 1 amide bonds. The smallest absolute Gasteiger partial charge is 0.260 e. The summed E-state index contributed by atoms with van der Waals surface area (Å²) in [4.78, 5) is 11.8. The fourth-order valence-electron chi connectivity index (χ4n) is 1.37. The monoisotopic (exact) mass is 314 g/mol. The van der Waals surface area contributed by atoms with E-state index in [4.69, 9.17) is 10.5 Å². The van der Waals surface area contributed by atoms with Crippen molar-refractivity contribution in [1.82, 2.24) is 5.32 Å². The lowest BCUT2D eigenvalue weighted by atomic mass is 10.2. The lowest BCUT2D eigenvalue weighted by Gasteiger charge is -2.18. The third kappa shape index (κ3) is 4.56. The van der Waals surface area contributed by atoms with Gasteiger partial charge in [-0.2, -0.15) is 0 Å². The molecule has 3 N–H and O–H groups in total. The first-order valence-corrected chi connectivity index (χ1v) is 6.74. The summed E-state index contributed by atoms with van der Waals surface area (Å²) in [7, 11) is 0. The normalized spacial score (nSPS) is 13.8. The van der Waals surface area contributed by atoms with Crippen LogP contribution in [0.3, 0.4) is 0 Å². The van der Waals surface area contributed by atoms with Gasteiger partial charge < -0.3 is 15.8 Å². The highest BCUT2D eigenvalue weighted by atomic mass is 79.9. The molecule has 4 nitrogen and oxygen atoms in total. The number of rotatable bonds is 5. The van der Waals surface area contributed by atoms with Crippen LogP contribution in [0.15, 0.2) is 22.7 Å². The molecule has 0 aliphatic carbocycles. The lowest BCUT2D eigenvalue weighted by molar-refractivity contribution is -0.127. The summed E-state index contributed by atoms with van der Waals surface area (Å²) in [5, 5.41) is 2.87. The van der Waals surface area contributed by atoms with Gasteiger partial charge in [0.25, 0.3) is 5.91 Å². The zero-order valence-electron chi connectivity index (χ0n) is 10.9. The molecule has 0 aromatic heterocycles. The van der Waals surface area contributed by atoms with Gasteiger partial charge in [-0.25, -0.2) is 0 Å². The van der Waals surface area contributed by atoms with Gasteiger partial charge in [0.2, 0.25) is 0 Å². The molecule has 0 saturated heterocycles. The number of ether oxygens (including phenoxy) is 1. The third-order valence-electron chi connectivity index (χ3n) is 2.58. The van der Waals surface area contributed by atoms with Gasteiger partial charge in [0.05, 0.1) is 0 Å². The van der Waals surface area contributed by atoms with Crippen LogP contribution in [0.4, 0.5) is 5.69 Å². The molecule has 18 heavy (non-hydrogen) atoms. The second-order valence-electron chi connectivity index (χ2n) is 4.30. The van der Waals surface area contributed by atoms with Gasteiger partial charge in [0, 0.05) is 22.3 Å². The molecule has 0 aliphatic heterocycles. The molecule has 2 atom stereocenters. The number of carbonyl (C=O) groups is 1. The van der Waals surface area contributed by atoms with Gasteiger partial charge in [-0.05, 0) is 32.4 Å². The molecule has 5 heteroatoms. The molecular formula is C13H19BrN2O2. The van der Waals surface area contributed by atoms with E-state index >= 15 is 0 Å². The average Bonchev–Trinajstić information content (AvgIpc) is 2.27. The Labute approximate surface area is 116 Å². The Morgan fingerprint density at radius 3 is 2.67 bits per heavy atom. The molecule has 1 aromatic carbocycles. The first-order chi connectivity index (χ1) is 8.42. The molecule has 0 saturated carbocycles. The predicted molar refractivity (Wildman–Crippen MR) is 76.5 cm³/mol. The maximum atomic E-state index is 11.8. The second kappa shape index (κ2) is 6.64. The predicted octanol–water partition coefficient (Wildman–Crippen LogP) is 2.71. The number of amides is 1. The van der Waals surface area contributed by atoms with Crippen molar-refractivity contribution in [2.45, 2.75) is 39.3 Å². The zero-order valence-corrected chi connectivity index (χ0v) is 12.5. The Bertz CT molecular complexity index is 403. The van der Waals surface area contributed by atoms with Crippen LogP contribution in [0.1, 0.15) is 27.2 Å². The number of benzene rings is 1. The number of hydrogen-bond donors (Lipinski definition) is 2. The van der Waals surface area contributed by atoms with Crippen molar-refractivity contribution in [2.24, 2.45) is 0 Å². The van der Waals surface area contributed by atoms with E-state index in [-0.39, 0.29) is 11.9 Å². The van der Waals surface area contributed by atoms with Crippen molar-refractivity contribution in [2.75, 3.05) is 5.73 Å². The molecule has 0 aliphatic rings. The molecular weight excluding hydrogens is 296 g/mol. The quantitative estimate of drug-likeness (QED) is 0.821. The largest absolute Gasteiger partial charge is 0.481 e. The van der Waals surface area contributed by atoms with Gasteiger partial charge in [-0.3, -0.25) is 4.79 Å². The van der Waals surface area contributed by atoms with Gasteiger partial charge in [-0.15, -0.1) is 0 Å². The van der Waals surface area contributed by atoms with Gasteiger partial charge >= 0.3 is 0 Å². The lowest BCUT2D eigenvalue weighted by Crippen LogP contribution is -2.40. The van der Waals surface area contributed by atoms with Crippen molar-refractivity contribution in [3.63, 3.8) is 0 Å². The van der Waals surface area contributed by atoms with E-state index in [0.717, 1.165) is 10.9 Å². The Hall–Kier alpha value is -1.23. The number of carbonyl (C=O) groups excluding carboxylic acids is 1. The highest BCUT2D eigenvalue weighted by Gasteiger charge is 2.16. The van der Waals surface area contributed by atoms with Crippen LogP contribution in [-0.4, -0.2) is 18.1 Å². The van der Waals surface area contributed by atoms with E-state index in [9.17, 15) is 4.79 Å². The fraction of sp³-hybridized carbons (Fsp3) is 0.462. The Morgan fingerprint density at radius 2 is 2.11 bits per heavy atom. The molecule has 1 aromatic rings. The summed E-state index contributed by atoms with van der Waals surface area (Å²) in [6.45, 7) is 5.70. The number of nitrogens with two attached hydrogens (primary N) is 1. The van der Waals surface area contributed by atoms with Crippen LogP contribution in [0.2, 0.25) is 0 Å². The Kier molecular flexibility index (Phi) is 5.47. The summed E-state index contributed by atoms with van der Waals surface area (Å²) in [5.41, 5.74) is 6.29. The topological polar surface area (TPSA) is 64.3 Å². The van der Waals surface area contributed by atoms with Crippen LogP contribution in [0.25, 0.3) is 0 Å². The van der Waals surface area contributed by atoms with E-state index < -0.39 is 6.10 Å². The number of anilines is 1. The molecule has 0 spiro atoms. The Morgan fingerprint density at radius 1 is 1.44 bits per heavy atom. The number of nitrogen functional groups attached to an aromatic ring is 1. The summed E-state index contributed by atoms with van der Waals surface area (Å²) in [6.07, 6.45) is 0.343. The minimum Gasteiger partial charge on any atom is -0.481 e. The van der Waals surface area contributed by atoms with E-state index in [0.29, 0.717) is 11.4 Å².